The van der Waals surface area contributed by atoms with Gasteiger partial charge in [-0.1, -0.05) is 43.7 Å². The normalized spacial score (nSPS) is 12.7. The second-order valence-electron chi connectivity index (χ2n) is 5.89. The van der Waals surface area contributed by atoms with E-state index in [-0.39, 0.29) is 6.10 Å². The van der Waals surface area contributed by atoms with Crippen molar-refractivity contribution in [1.29, 1.82) is 0 Å². The molecule has 3 heteroatoms. The van der Waals surface area contributed by atoms with Crippen LogP contribution in [0.1, 0.15) is 43.9 Å². The number of ether oxygens (including phenoxy) is 1. The predicted octanol–water partition coefficient (Wildman–Crippen LogP) is 6.15. The van der Waals surface area contributed by atoms with Crippen molar-refractivity contribution in [1.82, 2.24) is 4.98 Å². The van der Waals surface area contributed by atoms with E-state index >= 15 is 0 Å². The van der Waals surface area contributed by atoms with Gasteiger partial charge in [0.2, 0.25) is 0 Å². The number of fused-ring (bicyclic) bond motifs is 1. The third-order valence-corrected chi connectivity index (χ3v) is 5.17. The quantitative estimate of drug-likeness (QED) is 0.507. The molecule has 0 radical (unpaired) electrons. The maximum Gasteiger partial charge on any atom is 0.125 e. The van der Waals surface area contributed by atoms with Crippen molar-refractivity contribution in [3.05, 3.63) is 53.6 Å². The van der Waals surface area contributed by atoms with Crippen LogP contribution in [0.5, 0.6) is 0 Å². The van der Waals surface area contributed by atoms with Crippen LogP contribution < -0.4 is 0 Å². The molecule has 0 aliphatic heterocycles. The monoisotopic (exact) mass is 325 g/mol. The maximum atomic E-state index is 6.04. The van der Waals surface area contributed by atoms with Gasteiger partial charge in [-0.3, -0.25) is 0 Å². The molecule has 0 aliphatic rings. The van der Waals surface area contributed by atoms with Crippen LogP contribution in [-0.2, 0) is 4.74 Å². The minimum atomic E-state index is 0.0865. The third kappa shape index (κ3) is 3.46. The number of rotatable bonds is 6. The van der Waals surface area contributed by atoms with Crippen LogP contribution in [0, 0.1) is 6.92 Å². The zero-order valence-corrected chi connectivity index (χ0v) is 14.8. The molecule has 0 bridgehead atoms. The van der Waals surface area contributed by atoms with Gasteiger partial charge in [0, 0.05) is 12.2 Å². The van der Waals surface area contributed by atoms with Crippen LogP contribution in [0.3, 0.4) is 0 Å². The molecule has 2 aromatic carbocycles. The molecular weight excluding hydrogens is 302 g/mol. The van der Waals surface area contributed by atoms with Crippen LogP contribution in [0.4, 0.5) is 0 Å². The minimum Gasteiger partial charge on any atom is -0.374 e. The Morgan fingerprint density at radius 3 is 2.74 bits per heavy atom. The molecule has 0 saturated carbocycles. The zero-order valence-electron chi connectivity index (χ0n) is 14.0. The summed E-state index contributed by atoms with van der Waals surface area (Å²) >= 11 is 1.76. The molecule has 1 unspecified atom stereocenters. The highest BCUT2D eigenvalue weighted by atomic mass is 32.1. The fourth-order valence-corrected chi connectivity index (χ4v) is 3.89. The Bertz CT molecular complexity index is 760. The zero-order chi connectivity index (χ0) is 16.2. The van der Waals surface area contributed by atoms with Crippen LogP contribution in [0.15, 0.2) is 42.5 Å². The first-order valence-electron chi connectivity index (χ1n) is 8.27. The Morgan fingerprint density at radius 2 is 1.96 bits per heavy atom. The number of hydrogen-bond donors (Lipinski definition) is 0. The molecule has 3 aromatic rings. The summed E-state index contributed by atoms with van der Waals surface area (Å²) < 4.78 is 7.27. The van der Waals surface area contributed by atoms with Crippen LogP contribution in [0.2, 0.25) is 0 Å². The number of unbranched alkanes of at least 4 members (excludes halogenated alkanes) is 1. The number of aromatic nitrogens is 1. The van der Waals surface area contributed by atoms with Gasteiger partial charge >= 0.3 is 0 Å². The van der Waals surface area contributed by atoms with Gasteiger partial charge in [-0.05, 0) is 43.5 Å². The average molecular weight is 325 g/mol. The average Bonchev–Trinajstić information content (AvgIpc) is 2.98. The van der Waals surface area contributed by atoms with Gasteiger partial charge in [0.15, 0.2) is 0 Å². The Balaban J connectivity index is 2.00. The third-order valence-electron chi connectivity index (χ3n) is 4.12. The summed E-state index contributed by atoms with van der Waals surface area (Å²) in [7, 11) is 0. The molecule has 0 fully saturated rings. The standard InChI is InChI=1S/C20H23NOS/c1-4-5-13-22-15(3)16-10-8-9-14(2)19(16)20-21-17-11-6-7-12-18(17)23-20/h6-12,15H,4-5,13H2,1-3H3. The highest BCUT2D eigenvalue weighted by molar-refractivity contribution is 7.21. The van der Waals surface area contributed by atoms with Gasteiger partial charge in [-0.2, -0.15) is 0 Å². The number of thiazole rings is 1. The van der Waals surface area contributed by atoms with Gasteiger partial charge in [0.25, 0.3) is 0 Å². The topological polar surface area (TPSA) is 22.1 Å². The summed E-state index contributed by atoms with van der Waals surface area (Å²) in [5.74, 6) is 0. The summed E-state index contributed by atoms with van der Waals surface area (Å²) in [4.78, 5) is 4.85. The number of hydrogen-bond acceptors (Lipinski definition) is 3. The smallest absolute Gasteiger partial charge is 0.125 e. The molecule has 23 heavy (non-hydrogen) atoms. The van der Waals surface area contributed by atoms with Crippen molar-refractivity contribution in [2.75, 3.05) is 6.61 Å². The van der Waals surface area contributed by atoms with Crippen molar-refractivity contribution in [2.45, 2.75) is 39.7 Å². The van der Waals surface area contributed by atoms with Gasteiger partial charge in [0.05, 0.1) is 16.3 Å². The Kier molecular flexibility index (Phi) is 5.09. The second kappa shape index (κ2) is 7.24. The van der Waals surface area contributed by atoms with Gasteiger partial charge < -0.3 is 4.74 Å². The Morgan fingerprint density at radius 1 is 1.13 bits per heavy atom. The predicted molar refractivity (Wildman–Crippen MR) is 99.1 cm³/mol. The maximum absolute atomic E-state index is 6.04. The summed E-state index contributed by atoms with van der Waals surface area (Å²) in [5, 5.41) is 1.09. The molecule has 2 nitrogen and oxygen atoms in total. The number of aryl methyl sites for hydroxylation is 1. The molecular formula is C20H23NOS. The van der Waals surface area contributed by atoms with Gasteiger partial charge in [-0.15, -0.1) is 11.3 Å². The summed E-state index contributed by atoms with van der Waals surface area (Å²) in [5.41, 5.74) is 4.80. The molecule has 120 valence electrons. The molecule has 0 saturated heterocycles. The number of benzene rings is 2. The van der Waals surface area contributed by atoms with Crippen LogP contribution in [-0.4, -0.2) is 11.6 Å². The fraction of sp³-hybridized carbons (Fsp3) is 0.350. The first-order chi connectivity index (χ1) is 11.2. The van der Waals surface area contributed by atoms with Crippen molar-refractivity contribution in [3.63, 3.8) is 0 Å². The lowest BCUT2D eigenvalue weighted by Gasteiger charge is -2.18. The number of para-hydroxylation sites is 1. The molecule has 1 aromatic heterocycles. The SMILES string of the molecule is CCCCOC(C)c1cccc(C)c1-c1nc2ccccc2s1. The van der Waals surface area contributed by atoms with E-state index in [1.54, 1.807) is 11.3 Å². The van der Waals surface area contributed by atoms with Gasteiger partial charge in [0.1, 0.15) is 5.01 Å². The van der Waals surface area contributed by atoms with Crippen LogP contribution in [0.25, 0.3) is 20.8 Å². The van der Waals surface area contributed by atoms with Gasteiger partial charge in [-0.25, -0.2) is 4.98 Å². The van der Waals surface area contributed by atoms with E-state index in [9.17, 15) is 0 Å². The summed E-state index contributed by atoms with van der Waals surface area (Å²) in [6.07, 6.45) is 2.35. The number of nitrogens with zero attached hydrogens (tertiary/aromatic N) is 1. The lowest BCUT2D eigenvalue weighted by Crippen LogP contribution is -2.04. The molecule has 0 N–H and O–H groups in total. The Labute approximate surface area is 142 Å². The summed E-state index contributed by atoms with van der Waals surface area (Å²) in [6.45, 7) is 7.29. The van der Waals surface area contributed by atoms with E-state index in [2.05, 4.69) is 57.2 Å². The first-order valence-corrected chi connectivity index (χ1v) is 9.09. The van der Waals surface area contributed by atoms with E-state index in [4.69, 9.17) is 9.72 Å². The molecule has 0 spiro atoms. The second-order valence-corrected chi connectivity index (χ2v) is 6.92. The lowest BCUT2D eigenvalue weighted by molar-refractivity contribution is 0.0640. The van der Waals surface area contributed by atoms with E-state index < -0.39 is 0 Å². The highest BCUT2D eigenvalue weighted by Gasteiger charge is 2.17. The molecule has 1 atom stereocenters. The molecule has 1 heterocycles. The van der Waals surface area contributed by atoms with E-state index in [1.807, 2.05) is 6.07 Å². The van der Waals surface area contributed by atoms with E-state index in [0.29, 0.717) is 0 Å². The first kappa shape index (κ1) is 16.2. The molecule has 0 amide bonds. The van der Waals surface area contributed by atoms with Crippen molar-refractivity contribution >= 4 is 21.6 Å². The molecule has 0 aliphatic carbocycles. The highest BCUT2D eigenvalue weighted by Crippen LogP contribution is 2.37. The largest absolute Gasteiger partial charge is 0.374 e. The summed E-state index contributed by atoms with van der Waals surface area (Å²) in [6, 6.07) is 14.8. The minimum absolute atomic E-state index is 0.0865. The molecule has 3 rings (SSSR count). The van der Waals surface area contributed by atoms with Crippen molar-refractivity contribution < 1.29 is 4.74 Å². The van der Waals surface area contributed by atoms with E-state index in [1.165, 1.54) is 21.4 Å². The van der Waals surface area contributed by atoms with Crippen molar-refractivity contribution in [3.8, 4) is 10.6 Å². The fourth-order valence-electron chi connectivity index (χ4n) is 2.79. The van der Waals surface area contributed by atoms with Crippen LogP contribution >= 0.6 is 11.3 Å². The van der Waals surface area contributed by atoms with E-state index in [0.717, 1.165) is 30.0 Å². The Hall–Kier alpha value is -1.71. The van der Waals surface area contributed by atoms with Crippen molar-refractivity contribution in [2.24, 2.45) is 0 Å². The lowest BCUT2D eigenvalue weighted by atomic mass is 9.99.